The van der Waals surface area contributed by atoms with Crippen LogP contribution in [0.15, 0.2) is 81.4 Å². The number of thioether (sulfide) groups is 1. The Morgan fingerprint density at radius 3 is 2.47 bits per heavy atom. The Balaban J connectivity index is 1.39. The topological polar surface area (TPSA) is 83.7 Å². The smallest absolute Gasteiger partial charge is 0.244 e. The first-order valence-corrected chi connectivity index (χ1v) is 12.9. The van der Waals surface area contributed by atoms with Gasteiger partial charge < -0.3 is 9.32 Å². The van der Waals surface area contributed by atoms with E-state index in [9.17, 15) is 13.2 Å². The lowest BCUT2D eigenvalue weighted by Crippen LogP contribution is -2.31. The van der Waals surface area contributed by atoms with Crippen LogP contribution in [0, 0.1) is 0 Å². The molecule has 4 rings (SSSR count). The number of rotatable bonds is 9. The van der Waals surface area contributed by atoms with Crippen molar-refractivity contribution in [3.05, 3.63) is 78.4 Å². The number of pyridine rings is 1. The largest absolute Gasteiger partial charge is 0.467 e. The van der Waals surface area contributed by atoms with Gasteiger partial charge in [-0.3, -0.25) is 4.79 Å². The van der Waals surface area contributed by atoms with Gasteiger partial charge in [-0.15, -0.1) is 0 Å². The van der Waals surface area contributed by atoms with Gasteiger partial charge in [-0.1, -0.05) is 42.1 Å². The molecule has 1 saturated heterocycles. The minimum Gasteiger partial charge on any atom is -0.467 e. The molecular weight excluding hydrogens is 446 g/mol. The van der Waals surface area contributed by atoms with Gasteiger partial charge in [-0.2, -0.15) is 4.31 Å². The van der Waals surface area contributed by atoms with Crippen molar-refractivity contribution in [2.24, 2.45) is 0 Å². The SMILES string of the molecule is O=C(CSc1ccc(S(=O)(=O)N2CCCC2)cn1)N(Cc1ccccc1)Cc1ccco1. The highest BCUT2D eigenvalue weighted by molar-refractivity contribution is 7.99. The Labute approximate surface area is 192 Å². The molecule has 0 saturated carbocycles. The van der Waals surface area contributed by atoms with Crippen LogP contribution < -0.4 is 0 Å². The molecule has 168 valence electrons. The first-order valence-electron chi connectivity index (χ1n) is 10.5. The summed E-state index contributed by atoms with van der Waals surface area (Å²) < 4.78 is 32.2. The van der Waals surface area contributed by atoms with Crippen molar-refractivity contribution < 1.29 is 17.6 Å². The molecule has 0 aliphatic carbocycles. The molecule has 0 spiro atoms. The monoisotopic (exact) mass is 471 g/mol. The zero-order valence-electron chi connectivity index (χ0n) is 17.6. The number of benzene rings is 1. The third-order valence-electron chi connectivity index (χ3n) is 5.25. The highest BCUT2D eigenvalue weighted by Crippen LogP contribution is 2.23. The first kappa shape index (κ1) is 22.6. The van der Waals surface area contributed by atoms with E-state index in [4.69, 9.17) is 4.42 Å². The van der Waals surface area contributed by atoms with E-state index in [-0.39, 0.29) is 16.6 Å². The van der Waals surface area contributed by atoms with E-state index in [1.807, 2.05) is 36.4 Å². The van der Waals surface area contributed by atoms with Crippen molar-refractivity contribution in [1.29, 1.82) is 0 Å². The second kappa shape index (κ2) is 10.3. The summed E-state index contributed by atoms with van der Waals surface area (Å²) in [5, 5.41) is 0.608. The van der Waals surface area contributed by atoms with E-state index in [2.05, 4.69) is 4.98 Å². The molecule has 3 aromatic rings. The van der Waals surface area contributed by atoms with E-state index in [0.717, 1.165) is 18.4 Å². The van der Waals surface area contributed by atoms with Crippen molar-refractivity contribution in [3.63, 3.8) is 0 Å². The van der Waals surface area contributed by atoms with Crippen LogP contribution >= 0.6 is 11.8 Å². The van der Waals surface area contributed by atoms with Gasteiger partial charge in [0, 0.05) is 25.8 Å². The molecule has 9 heteroatoms. The normalized spacial score (nSPS) is 14.5. The van der Waals surface area contributed by atoms with Gasteiger partial charge in [-0.25, -0.2) is 13.4 Å². The van der Waals surface area contributed by atoms with E-state index < -0.39 is 10.0 Å². The number of hydrogen-bond donors (Lipinski definition) is 0. The van der Waals surface area contributed by atoms with Gasteiger partial charge in [0.25, 0.3) is 0 Å². The summed E-state index contributed by atoms with van der Waals surface area (Å²) in [5.74, 6) is 0.860. The third kappa shape index (κ3) is 5.59. The highest BCUT2D eigenvalue weighted by atomic mass is 32.2. The first-order chi connectivity index (χ1) is 15.5. The fraction of sp³-hybridized carbons (Fsp3) is 0.304. The van der Waals surface area contributed by atoms with Crippen molar-refractivity contribution in [2.45, 2.75) is 35.9 Å². The van der Waals surface area contributed by atoms with Gasteiger partial charge in [-0.05, 0) is 42.7 Å². The molecule has 0 radical (unpaired) electrons. The maximum atomic E-state index is 13.0. The molecule has 3 heterocycles. The van der Waals surface area contributed by atoms with Gasteiger partial charge in [0.15, 0.2) is 0 Å². The summed E-state index contributed by atoms with van der Waals surface area (Å²) in [5.41, 5.74) is 1.03. The van der Waals surface area contributed by atoms with Crippen LogP contribution in [0.25, 0.3) is 0 Å². The molecule has 2 aromatic heterocycles. The molecule has 1 aliphatic rings. The number of sulfonamides is 1. The molecule has 0 atom stereocenters. The molecule has 0 unspecified atom stereocenters. The van der Waals surface area contributed by atoms with Gasteiger partial charge in [0.2, 0.25) is 15.9 Å². The molecule has 1 amide bonds. The average Bonchev–Trinajstić information content (AvgIpc) is 3.53. The molecule has 0 bridgehead atoms. The number of hydrogen-bond acceptors (Lipinski definition) is 6. The van der Waals surface area contributed by atoms with Crippen LogP contribution in [0.2, 0.25) is 0 Å². The van der Waals surface area contributed by atoms with E-state index >= 15 is 0 Å². The van der Waals surface area contributed by atoms with E-state index in [1.165, 1.54) is 22.3 Å². The Hall–Kier alpha value is -2.62. The highest BCUT2D eigenvalue weighted by Gasteiger charge is 2.27. The predicted molar refractivity (Wildman–Crippen MR) is 122 cm³/mol. The minimum absolute atomic E-state index is 0.0502. The second-order valence-electron chi connectivity index (χ2n) is 7.55. The lowest BCUT2D eigenvalue weighted by atomic mass is 10.2. The Kier molecular flexibility index (Phi) is 7.29. The van der Waals surface area contributed by atoms with Crippen LogP contribution in [-0.4, -0.2) is 47.4 Å². The van der Waals surface area contributed by atoms with Gasteiger partial charge >= 0.3 is 0 Å². The van der Waals surface area contributed by atoms with Crippen LogP contribution in [0.5, 0.6) is 0 Å². The van der Waals surface area contributed by atoms with Crippen molar-refractivity contribution in [1.82, 2.24) is 14.2 Å². The van der Waals surface area contributed by atoms with Crippen molar-refractivity contribution in [2.75, 3.05) is 18.8 Å². The Morgan fingerprint density at radius 1 is 1.03 bits per heavy atom. The lowest BCUT2D eigenvalue weighted by molar-refractivity contribution is -0.129. The van der Waals surface area contributed by atoms with Crippen molar-refractivity contribution >= 4 is 27.7 Å². The average molecular weight is 472 g/mol. The fourth-order valence-electron chi connectivity index (χ4n) is 3.54. The number of carbonyl (C=O) groups excluding carboxylic acids is 1. The number of aromatic nitrogens is 1. The predicted octanol–water partition coefficient (Wildman–Crippen LogP) is 3.78. The van der Waals surface area contributed by atoms with Gasteiger partial charge in [0.1, 0.15) is 10.7 Å². The molecule has 1 aromatic carbocycles. The zero-order valence-corrected chi connectivity index (χ0v) is 19.2. The van der Waals surface area contributed by atoms with Crippen LogP contribution in [0.3, 0.4) is 0 Å². The molecule has 7 nitrogen and oxygen atoms in total. The minimum atomic E-state index is -3.49. The number of furan rings is 1. The standard InChI is InChI=1S/C23H25N3O4S2/c27-23(25(17-20-9-6-14-30-20)16-19-7-2-1-3-8-19)18-31-22-11-10-21(15-24-22)32(28,29)26-12-4-5-13-26/h1-3,6-11,14-15H,4-5,12-13,16-18H2. The molecule has 32 heavy (non-hydrogen) atoms. The summed E-state index contributed by atoms with van der Waals surface area (Å²) in [4.78, 5) is 19.2. The maximum absolute atomic E-state index is 13.0. The van der Waals surface area contributed by atoms with Gasteiger partial charge in [0.05, 0.1) is 23.6 Å². The Morgan fingerprint density at radius 2 is 1.81 bits per heavy atom. The summed E-state index contributed by atoms with van der Waals surface area (Å²) in [7, 11) is -3.49. The number of nitrogens with zero attached hydrogens (tertiary/aromatic N) is 3. The summed E-state index contributed by atoms with van der Waals surface area (Å²) in [6.45, 7) is 1.96. The quantitative estimate of drug-likeness (QED) is 0.442. The lowest BCUT2D eigenvalue weighted by Gasteiger charge is -2.22. The fourth-order valence-corrected chi connectivity index (χ4v) is 5.74. The van der Waals surface area contributed by atoms with Crippen LogP contribution in [0.1, 0.15) is 24.2 Å². The van der Waals surface area contributed by atoms with E-state index in [1.54, 1.807) is 29.4 Å². The van der Waals surface area contributed by atoms with Crippen LogP contribution in [-0.2, 0) is 27.9 Å². The number of amides is 1. The summed E-state index contributed by atoms with van der Waals surface area (Å²) in [6, 6.07) is 16.7. The second-order valence-corrected chi connectivity index (χ2v) is 10.5. The number of carbonyl (C=O) groups is 1. The zero-order chi connectivity index (χ0) is 22.4. The Bertz CT molecular complexity index is 1110. The summed E-state index contributed by atoms with van der Waals surface area (Å²) >= 11 is 1.29. The summed E-state index contributed by atoms with van der Waals surface area (Å²) in [6.07, 6.45) is 4.75. The van der Waals surface area contributed by atoms with E-state index in [0.29, 0.717) is 37.0 Å². The third-order valence-corrected chi connectivity index (χ3v) is 8.06. The van der Waals surface area contributed by atoms with Crippen molar-refractivity contribution in [3.8, 4) is 0 Å². The maximum Gasteiger partial charge on any atom is 0.244 e. The molecule has 0 N–H and O–H groups in total. The molecule has 1 fully saturated rings. The van der Waals surface area contributed by atoms with Crippen LogP contribution in [0.4, 0.5) is 0 Å². The molecule has 1 aliphatic heterocycles. The molecular formula is C23H25N3O4S2.